The minimum Gasteiger partial charge on any atom is -0.357 e. The molecule has 1 unspecified atom stereocenters. The second kappa shape index (κ2) is 10.2. The number of sulfone groups is 1. The number of nitrogens with zero attached hydrogens (tertiary/aromatic N) is 2. The van der Waals surface area contributed by atoms with E-state index in [-0.39, 0.29) is 24.0 Å². The molecule has 0 radical (unpaired) electrons. The highest BCUT2D eigenvalue weighted by Gasteiger charge is 2.25. The first-order chi connectivity index (χ1) is 13.0. The number of nitrogens with one attached hydrogen (secondary N) is 1. The third-order valence-electron chi connectivity index (χ3n) is 4.86. The fourth-order valence-electron chi connectivity index (χ4n) is 3.38. The zero-order valence-electron chi connectivity index (χ0n) is 16.3. The van der Waals surface area contributed by atoms with Gasteiger partial charge in [0.2, 0.25) is 0 Å². The lowest BCUT2D eigenvalue weighted by Crippen LogP contribution is -2.40. The van der Waals surface area contributed by atoms with Crippen molar-refractivity contribution in [3.63, 3.8) is 0 Å². The molecule has 1 heterocycles. The molecule has 0 spiro atoms. The molecule has 0 saturated carbocycles. The minimum absolute atomic E-state index is 0. The molecule has 3 rings (SSSR count). The van der Waals surface area contributed by atoms with Crippen molar-refractivity contribution in [1.82, 2.24) is 10.2 Å². The van der Waals surface area contributed by atoms with E-state index in [9.17, 15) is 8.42 Å². The second-order valence-electron chi connectivity index (χ2n) is 6.93. The number of benzene rings is 2. The van der Waals surface area contributed by atoms with Gasteiger partial charge in [0.15, 0.2) is 15.8 Å². The summed E-state index contributed by atoms with van der Waals surface area (Å²) in [6.45, 7) is 5.36. The van der Waals surface area contributed by atoms with Gasteiger partial charge in [-0.05, 0) is 36.6 Å². The Balaban J connectivity index is 0.00000280. The van der Waals surface area contributed by atoms with E-state index in [1.54, 1.807) is 12.1 Å². The number of aliphatic imine (C=N–C) groups is 1. The number of rotatable bonds is 5. The predicted molar refractivity (Wildman–Crippen MR) is 125 cm³/mol. The van der Waals surface area contributed by atoms with Gasteiger partial charge >= 0.3 is 0 Å². The summed E-state index contributed by atoms with van der Waals surface area (Å²) in [6.07, 6.45) is 2.34. The van der Waals surface area contributed by atoms with Gasteiger partial charge in [-0.15, -0.1) is 24.0 Å². The van der Waals surface area contributed by atoms with Crippen LogP contribution in [0, 0.1) is 0 Å². The fraction of sp³-hybridized carbons (Fsp3) is 0.381. The summed E-state index contributed by atoms with van der Waals surface area (Å²) >= 11 is 0. The highest BCUT2D eigenvalue weighted by molar-refractivity contribution is 14.0. The molecule has 1 N–H and O–H groups in total. The molecule has 5 nitrogen and oxygen atoms in total. The van der Waals surface area contributed by atoms with Crippen LogP contribution in [0.2, 0.25) is 0 Å². The molecular weight excluding hydrogens is 485 g/mol. The van der Waals surface area contributed by atoms with Gasteiger partial charge in [0.05, 0.1) is 11.4 Å². The summed E-state index contributed by atoms with van der Waals surface area (Å²) in [6, 6.07) is 17.6. The number of likely N-dealkylation sites (tertiary alicyclic amines) is 1. The van der Waals surface area contributed by atoms with E-state index in [1.165, 1.54) is 11.8 Å². The highest BCUT2D eigenvalue weighted by Crippen LogP contribution is 2.27. The Hall–Kier alpha value is -1.61. The molecule has 7 heteroatoms. The lowest BCUT2D eigenvalue weighted by atomic mass is 9.99. The van der Waals surface area contributed by atoms with E-state index in [0.717, 1.165) is 37.6 Å². The summed E-state index contributed by atoms with van der Waals surface area (Å²) in [5.41, 5.74) is 2.38. The molecule has 28 heavy (non-hydrogen) atoms. The van der Waals surface area contributed by atoms with Crippen LogP contribution in [0.1, 0.15) is 30.4 Å². The molecule has 0 aromatic heterocycles. The fourth-order valence-corrected chi connectivity index (χ4v) is 4.01. The summed E-state index contributed by atoms with van der Waals surface area (Å²) in [7, 11) is -3.16. The van der Waals surface area contributed by atoms with Gasteiger partial charge in [0.1, 0.15) is 0 Å². The van der Waals surface area contributed by atoms with Gasteiger partial charge in [-0.25, -0.2) is 13.4 Å². The summed E-state index contributed by atoms with van der Waals surface area (Å²) in [5, 5.41) is 3.38. The summed E-state index contributed by atoms with van der Waals surface area (Å²) < 4.78 is 23.1. The van der Waals surface area contributed by atoms with E-state index >= 15 is 0 Å². The lowest BCUT2D eigenvalue weighted by Gasteiger charge is -2.22. The van der Waals surface area contributed by atoms with E-state index < -0.39 is 9.84 Å². The topological polar surface area (TPSA) is 61.8 Å². The van der Waals surface area contributed by atoms with Crippen LogP contribution in [0.15, 0.2) is 64.5 Å². The lowest BCUT2D eigenvalue weighted by molar-refractivity contribution is 0.486. The van der Waals surface area contributed by atoms with Crippen LogP contribution in [-0.4, -0.2) is 45.2 Å². The summed E-state index contributed by atoms with van der Waals surface area (Å²) in [5.74, 6) is 1.45. The number of hydrogen-bond donors (Lipinski definition) is 1. The second-order valence-corrected chi connectivity index (χ2v) is 8.94. The van der Waals surface area contributed by atoms with Crippen molar-refractivity contribution in [3.8, 4) is 0 Å². The van der Waals surface area contributed by atoms with Crippen LogP contribution in [0.3, 0.4) is 0 Å². The molecular formula is C21H28IN3O2S. The minimum atomic E-state index is -3.16. The molecule has 1 saturated heterocycles. The average molecular weight is 513 g/mol. The highest BCUT2D eigenvalue weighted by atomic mass is 127. The van der Waals surface area contributed by atoms with Crippen molar-refractivity contribution >= 4 is 39.8 Å². The Morgan fingerprint density at radius 3 is 2.43 bits per heavy atom. The normalized spacial score (nSPS) is 17.3. The van der Waals surface area contributed by atoms with Crippen LogP contribution >= 0.6 is 24.0 Å². The molecule has 1 fully saturated rings. The van der Waals surface area contributed by atoms with E-state index in [1.807, 2.05) is 12.1 Å². The molecule has 0 amide bonds. The maximum Gasteiger partial charge on any atom is 0.194 e. The first-order valence-corrected chi connectivity index (χ1v) is 11.2. The Morgan fingerprint density at radius 1 is 1.14 bits per heavy atom. The summed E-state index contributed by atoms with van der Waals surface area (Å²) in [4.78, 5) is 7.42. The predicted octanol–water partition coefficient (Wildman–Crippen LogP) is 3.66. The Morgan fingerprint density at radius 2 is 1.82 bits per heavy atom. The molecule has 1 aliphatic heterocycles. The standard InChI is InChI=1S/C21H27N3O2S.HI/c1-3-22-21(23-15-17-9-11-20(12-10-17)27(2,25)26)24-14-13-19(16-24)18-7-5-4-6-8-18;/h4-12,19H,3,13-16H2,1-2H3,(H,22,23);1H. The Labute approximate surface area is 185 Å². The van der Waals surface area contributed by atoms with Gasteiger partial charge in [-0.3, -0.25) is 0 Å². The van der Waals surface area contributed by atoms with Crippen molar-refractivity contribution in [2.75, 3.05) is 25.9 Å². The average Bonchev–Trinajstić information content (AvgIpc) is 3.15. The van der Waals surface area contributed by atoms with Crippen LogP contribution < -0.4 is 5.32 Å². The van der Waals surface area contributed by atoms with E-state index in [2.05, 4.69) is 47.5 Å². The molecule has 1 atom stereocenters. The van der Waals surface area contributed by atoms with Crippen molar-refractivity contribution in [1.29, 1.82) is 0 Å². The maximum absolute atomic E-state index is 11.6. The van der Waals surface area contributed by atoms with Crippen molar-refractivity contribution in [2.24, 2.45) is 4.99 Å². The van der Waals surface area contributed by atoms with E-state index in [4.69, 9.17) is 4.99 Å². The largest absolute Gasteiger partial charge is 0.357 e. The van der Waals surface area contributed by atoms with Gasteiger partial charge in [-0.2, -0.15) is 0 Å². The molecule has 2 aromatic rings. The van der Waals surface area contributed by atoms with Gasteiger partial charge in [-0.1, -0.05) is 42.5 Å². The van der Waals surface area contributed by atoms with Crippen LogP contribution in [-0.2, 0) is 16.4 Å². The monoisotopic (exact) mass is 513 g/mol. The van der Waals surface area contributed by atoms with E-state index in [0.29, 0.717) is 17.4 Å². The van der Waals surface area contributed by atoms with Gasteiger partial charge in [0, 0.05) is 31.8 Å². The van der Waals surface area contributed by atoms with Crippen LogP contribution in [0.4, 0.5) is 0 Å². The van der Waals surface area contributed by atoms with Crippen molar-refractivity contribution in [2.45, 2.75) is 30.7 Å². The third-order valence-corrected chi connectivity index (χ3v) is 5.99. The first-order valence-electron chi connectivity index (χ1n) is 9.34. The molecule has 152 valence electrons. The molecule has 0 aliphatic carbocycles. The number of halogens is 1. The zero-order valence-corrected chi connectivity index (χ0v) is 19.5. The smallest absolute Gasteiger partial charge is 0.194 e. The Bertz CT molecular complexity index is 884. The molecule has 0 bridgehead atoms. The molecule has 2 aromatic carbocycles. The zero-order chi connectivity index (χ0) is 19.3. The first kappa shape index (κ1) is 22.7. The van der Waals surface area contributed by atoms with Crippen LogP contribution in [0.25, 0.3) is 0 Å². The third kappa shape index (κ3) is 5.94. The maximum atomic E-state index is 11.6. The quantitative estimate of drug-likeness (QED) is 0.377. The number of guanidine groups is 1. The SMILES string of the molecule is CCNC(=NCc1ccc(S(C)(=O)=O)cc1)N1CCC(c2ccccc2)C1.I. The van der Waals surface area contributed by atoms with Gasteiger partial charge in [0.25, 0.3) is 0 Å². The van der Waals surface area contributed by atoms with Crippen molar-refractivity contribution in [3.05, 3.63) is 65.7 Å². The Kier molecular flexibility index (Phi) is 8.30. The van der Waals surface area contributed by atoms with Crippen LogP contribution in [0.5, 0.6) is 0 Å². The molecule has 1 aliphatic rings. The van der Waals surface area contributed by atoms with Gasteiger partial charge < -0.3 is 10.2 Å². The number of hydrogen-bond acceptors (Lipinski definition) is 3. The van der Waals surface area contributed by atoms with Crippen molar-refractivity contribution < 1.29 is 8.42 Å².